The van der Waals surface area contributed by atoms with Gasteiger partial charge in [0.2, 0.25) is 0 Å². The van der Waals surface area contributed by atoms with Gasteiger partial charge < -0.3 is 15.4 Å². The molecule has 3 rings (SSSR count). The zero-order valence-electron chi connectivity index (χ0n) is 10.2. The van der Waals surface area contributed by atoms with Crippen molar-refractivity contribution in [3.63, 3.8) is 0 Å². The Balaban J connectivity index is 2.24. The van der Waals surface area contributed by atoms with Crippen LogP contribution >= 0.6 is 0 Å². The van der Waals surface area contributed by atoms with E-state index < -0.39 is 12.1 Å². The van der Waals surface area contributed by atoms with Gasteiger partial charge in [-0.2, -0.15) is 0 Å². The molecule has 4 nitrogen and oxygen atoms in total. The van der Waals surface area contributed by atoms with E-state index >= 15 is 0 Å². The van der Waals surface area contributed by atoms with Crippen molar-refractivity contribution >= 4 is 11.0 Å². The molecule has 0 radical (unpaired) electrons. The van der Waals surface area contributed by atoms with Crippen molar-refractivity contribution in [2.24, 2.45) is 5.73 Å². The maximum Gasteiger partial charge on any atom is 0.151 e. The second-order valence-electron chi connectivity index (χ2n) is 4.95. The van der Waals surface area contributed by atoms with E-state index in [4.69, 9.17) is 5.73 Å². The third-order valence-corrected chi connectivity index (χ3v) is 3.43. The maximum atomic E-state index is 13.7. The van der Waals surface area contributed by atoms with Crippen molar-refractivity contribution in [1.82, 2.24) is 9.55 Å². The molecule has 3 N–H and O–H groups in total. The molecule has 5 heteroatoms. The number of aromatic nitrogens is 2. The number of benzene rings is 1. The van der Waals surface area contributed by atoms with E-state index in [1.54, 1.807) is 13.0 Å². The molecular formula is C13H16FN3O. The highest BCUT2D eigenvalue weighted by Crippen LogP contribution is 2.40. The van der Waals surface area contributed by atoms with E-state index in [0.29, 0.717) is 17.4 Å². The number of halogens is 1. The number of rotatable bonds is 3. The molecule has 0 amide bonds. The lowest BCUT2D eigenvalue weighted by Crippen LogP contribution is -2.26. The van der Waals surface area contributed by atoms with Crippen molar-refractivity contribution in [2.75, 3.05) is 0 Å². The first kappa shape index (κ1) is 11.6. The molecule has 0 saturated heterocycles. The van der Waals surface area contributed by atoms with E-state index in [0.717, 1.165) is 18.4 Å². The first-order valence-electron chi connectivity index (χ1n) is 6.19. The number of imidazole rings is 1. The quantitative estimate of drug-likeness (QED) is 0.873. The predicted molar refractivity (Wildman–Crippen MR) is 66.6 cm³/mol. The Labute approximate surface area is 104 Å². The standard InChI is InChI=1S/C13H16FN3O/c1-7(18)11(15)13-16-12-9(14)3-2-4-10(12)17(13)8-5-6-8/h2-4,7-8,11,18H,5-6,15H2,1H3. The minimum absolute atomic E-state index is 0.342. The van der Waals surface area contributed by atoms with Crippen molar-refractivity contribution in [2.45, 2.75) is 38.0 Å². The van der Waals surface area contributed by atoms with Crippen LogP contribution in [0.25, 0.3) is 11.0 Å². The fourth-order valence-corrected chi connectivity index (χ4v) is 2.27. The van der Waals surface area contributed by atoms with Gasteiger partial charge in [-0.05, 0) is 31.9 Å². The summed E-state index contributed by atoms with van der Waals surface area (Å²) >= 11 is 0. The third-order valence-electron chi connectivity index (χ3n) is 3.43. The fraction of sp³-hybridized carbons (Fsp3) is 0.462. The zero-order chi connectivity index (χ0) is 12.9. The highest BCUT2D eigenvalue weighted by Gasteiger charge is 2.31. The van der Waals surface area contributed by atoms with E-state index in [2.05, 4.69) is 4.98 Å². The molecule has 0 bridgehead atoms. The highest BCUT2D eigenvalue weighted by molar-refractivity contribution is 5.77. The lowest BCUT2D eigenvalue weighted by Gasteiger charge is -2.16. The van der Waals surface area contributed by atoms with Crippen molar-refractivity contribution in [3.8, 4) is 0 Å². The van der Waals surface area contributed by atoms with Crippen LogP contribution < -0.4 is 5.73 Å². The number of para-hydroxylation sites is 1. The predicted octanol–water partition coefficient (Wildman–Crippen LogP) is 1.89. The molecular weight excluding hydrogens is 233 g/mol. The van der Waals surface area contributed by atoms with Crippen LogP contribution in [0.5, 0.6) is 0 Å². The van der Waals surface area contributed by atoms with Gasteiger partial charge in [0.1, 0.15) is 11.3 Å². The molecule has 1 saturated carbocycles. The molecule has 1 aliphatic rings. The molecule has 2 aromatic rings. The van der Waals surface area contributed by atoms with E-state index in [1.807, 2.05) is 10.6 Å². The summed E-state index contributed by atoms with van der Waals surface area (Å²) in [5.41, 5.74) is 7.07. The summed E-state index contributed by atoms with van der Waals surface area (Å²) in [5, 5.41) is 9.62. The van der Waals surface area contributed by atoms with Crippen LogP contribution in [0.2, 0.25) is 0 Å². The average Bonchev–Trinajstić information content (AvgIpc) is 3.09. The van der Waals surface area contributed by atoms with Crippen molar-refractivity contribution in [1.29, 1.82) is 0 Å². The van der Waals surface area contributed by atoms with Crippen molar-refractivity contribution in [3.05, 3.63) is 29.8 Å². The molecule has 0 aliphatic heterocycles. The molecule has 1 aromatic heterocycles. The minimum Gasteiger partial charge on any atom is -0.391 e. The number of nitrogens with two attached hydrogens (primary N) is 1. The molecule has 96 valence electrons. The van der Waals surface area contributed by atoms with Crippen LogP contribution in [0.4, 0.5) is 4.39 Å². The first-order chi connectivity index (χ1) is 8.59. The number of aliphatic hydroxyl groups is 1. The second-order valence-corrected chi connectivity index (χ2v) is 4.95. The lowest BCUT2D eigenvalue weighted by atomic mass is 10.2. The summed E-state index contributed by atoms with van der Waals surface area (Å²) in [6.07, 6.45) is 1.41. The molecule has 2 unspecified atom stereocenters. The Morgan fingerprint density at radius 2 is 2.22 bits per heavy atom. The Morgan fingerprint density at radius 3 is 2.83 bits per heavy atom. The van der Waals surface area contributed by atoms with Gasteiger partial charge in [0.05, 0.1) is 17.7 Å². The maximum absolute atomic E-state index is 13.7. The van der Waals surface area contributed by atoms with Crippen LogP contribution in [-0.2, 0) is 0 Å². The van der Waals surface area contributed by atoms with Gasteiger partial charge in [-0.25, -0.2) is 9.37 Å². The highest BCUT2D eigenvalue weighted by atomic mass is 19.1. The summed E-state index contributed by atoms with van der Waals surface area (Å²) < 4.78 is 15.7. The minimum atomic E-state index is -0.706. The molecule has 2 atom stereocenters. The van der Waals surface area contributed by atoms with Gasteiger partial charge in [-0.1, -0.05) is 6.07 Å². The first-order valence-corrected chi connectivity index (χ1v) is 6.19. The SMILES string of the molecule is CC(O)C(N)c1nc2c(F)cccc2n1C1CC1. The van der Waals surface area contributed by atoms with Crippen LogP contribution in [0.15, 0.2) is 18.2 Å². The molecule has 1 aromatic carbocycles. The van der Waals surface area contributed by atoms with Gasteiger partial charge in [0.25, 0.3) is 0 Å². The van der Waals surface area contributed by atoms with Crippen LogP contribution in [0, 0.1) is 5.82 Å². The van der Waals surface area contributed by atoms with Gasteiger partial charge in [-0.15, -0.1) is 0 Å². The van der Waals surface area contributed by atoms with Gasteiger partial charge in [-0.3, -0.25) is 0 Å². The van der Waals surface area contributed by atoms with Crippen LogP contribution in [0.3, 0.4) is 0 Å². The van der Waals surface area contributed by atoms with Crippen LogP contribution in [0.1, 0.15) is 37.7 Å². The topological polar surface area (TPSA) is 64.1 Å². The van der Waals surface area contributed by atoms with Crippen molar-refractivity contribution < 1.29 is 9.50 Å². The molecule has 18 heavy (non-hydrogen) atoms. The van der Waals surface area contributed by atoms with E-state index in [-0.39, 0.29) is 5.82 Å². The number of nitrogens with zero attached hydrogens (tertiary/aromatic N) is 2. The fourth-order valence-electron chi connectivity index (χ4n) is 2.27. The molecule has 1 heterocycles. The third kappa shape index (κ3) is 1.71. The number of fused-ring (bicyclic) bond motifs is 1. The number of hydrogen-bond acceptors (Lipinski definition) is 3. The molecule has 1 aliphatic carbocycles. The second kappa shape index (κ2) is 4.03. The number of aliphatic hydroxyl groups excluding tert-OH is 1. The Hall–Kier alpha value is -1.46. The Kier molecular flexibility index (Phi) is 2.60. The van der Waals surface area contributed by atoms with Crippen LogP contribution in [-0.4, -0.2) is 20.8 Å². The van der Waals surface area contributed by atoms with E-state index in [9.17, 15) is 9.50 Å². The summed E-state index contributed by atoms with van der Waals surface area (Å²) in [6, 6.07) is 4.68. The summed E-state index contributed by atoms with van der Waals surface area (Å²) in [7, 11) is 0. The van der Waals surface area contributed by atoms with Gasteiger partial charge >= 0.3 is 0 Å². The molecule has 0 spiro atoms. The van der Waals surface area contributed by atoms with Gasteiger partial charge in [0.15, 0.2) is 5.82 Å². The largest absolute Gasteiger partial charge is 0.391 e. The smallest absolute Gasteiger partial charge is 0.151 e. The van der Waals surface area contributed by atoms with E-state index in [1.165, 1.54) is 6.07 Å². The molecule has 1 fully saturated rings. The normalized spacial score (nSPS) is 19.1. The average molecular weight is 249 g/mol. The lowest BCUT2D eigenvalue weighted by molar-refractivity contribution is 0.159. The monoisotopic (exact) mass is 249 g/mol. The Bertz CT molecular complexity index is 589. The number of hydrogen-bond donors (Lipinski definition) is 2. The summed E-state index contributed by atoms with van der Waals surface area (Å²) in [5.74, 6) is 0.235. The summed E-state index contributed by atoms with van der Waals surface area (Å²) in [4.78, 5) is 4.30. The summed E-state index contributed by atoms with van der Waals surface area (Å²) in [6.45, 7) is 1.62. The zero-order valence-corrected chi connectivity index (χ0v) is 10.2. The Morgan fingerprint density at radius 1 is 1.50 bits per heavy atom. The van der Waals surface area contributed by atoms with Gasteiger partial charge in [0, 0.05) is 6.04 Å².